The molecule has 0 amide bonds. The molecule has 1 aromatic rings. The van der Waals surface area contributed by atoms with Crippen molar-refractivity contribution in [3.8, 4) is 0 Å². The highest BCUT2D eigenvalue weighted by Gasteiger charge is 2.17. The van der Waals surface area contributed by atoms with Crippen molar-refractivity contribution in [2.75, 3.05) is 18.5 Å². The van der Waals surface area contributed by atoms with E-state index in [4.69, 9.17) is 10.9 Å². The summed E-state index contributed by atoms with van der Waals surface area (Å²) in [5.74, 6) is 0.706. The van der Waals surface area contributed by atoms with Crippen LogP contribution in [-0.2, 0) is 0 Å². The minimum Gasteiger partial charge on any atom is -0.409 e. The molecule has 0 aliphatic heterocycles. The maximum atomic E-state index is 9.79. The fourth-order valence-electron chi connectivity index (χ4n) is 1.71. The van der Waals surface area contributed by atoms with Crippen molar-refractivity contribution < 1.29 is 10.3 Å². The molecule has 4 N–H and O–H groups in total. The molecule has 1 heterocycles. The zero-order valence-electron chi connectivity index (χ0n) is 11.2. The summed E-state index contributed by atoms with van der Waals surface area (Å²) in [6, 6.07) is 3.45. The Kier molecular flexibility index (Phi) is 4.13. The first-order valence-electron chi connectivity index (χ1n) is 5.63. The lowest BCUT2D eigenvalue weighted by molar-refractivity contribution is 0.0884. The van der Waals surface area contributed by atoms with Gasteiger partial charge in [-0.2, -0.15) is 0 Å². The highest BCUT2D eigenvalue weighted by Crippen LogP contribution is 2.16. The maximum Gasteiger partial charge on any atom is 0.170 e. The molecule has 0 saturated carbocycles. The number of hydrogen-bond donors (Lipinski definition) is 3. The van der Waals surface area contributed by atoms with Crippen LogP contribution in [0.4, 0.5) is 5.82 Å². The van der Waals surface area contributed by atoms with E-state index in [0.717, 1.165) is 5.69 Å². The van der Waals surface area contributed by atoms with Crippen LogP contribution in [0.5, 0.6) is 0 Å². The van der Waals surface area contributed by atoms with Crippen LogP contribution in [0, 0.1) is 6.92 Å². The number of hydrogen-bond acceptors (Lipinski definition) is 5. The molecular formula is C12H20N4O2. The third-order valence-corrected chi connectivity index (χ3v) is 2.36. The number of aromatic nitrogens is 1. The van der Waals surface area contributed by atoms with Crippen LogP contribution < -0.4 is 10.6 Å². The monoisotopic (exact) mass is 252 g/mol. The summed E-state index contributed by atoms with van der Waals surface area (Å²) in [6.07, 6.45) is 0. The topological polar surface area (TPSA) is 95.0 Å². The lowest BCUT2D eigenvalue weighted by Gasteiger charge is -2.26. The van der Waals surface area contributed by atoms with Gasteiger partial charge in [0.2, 0.25) is 0 Å². The SMILES string of the molecule is Cc1cc(/C(N)=N/O)cc(N(C)CC(C)(C)O)n1. The molecule has 0 spiro atoms. The van der Waals surface area contributed by atoms with Gasteiger partial charge in [-0.25, -0.2) is 4.98 Å². The van der Waals surface area contributed by atoms with Crippen molar-refractivity contribution in [2.45, 2.75) is 26.4 Å². The van der Waals surface area contributed by atoms with E-state index in [1.807, 2.05) is 18.9 Å². The lowest BCUT2D eigenvalue weighted by atomic mass is 10.1. The Morgan fingerprint density at radius 3 is 2.61 bits per heavy atom. The Morgan fingerprint density at radius 1 is 1.50 bits per heavy atom. The van der Waals surface area contributed by atoms with Crippen LogP contribution >= 0.6 is 0 Å². The number of anilines is 1. The Morgan fingerprint density at radius 2 is 2.11 bits per heavy atom. The highest BCUT2D eigenvalue weighted by molar-refractivity contribution is 5.97. The normalized spacial score (nSPS) is 12.6. The molecule has 1 rings (SSSR count). The number of oxime groups is 1. The number of aryl methyl sites for hydroxylation is 1. The Balaban J connectivity index is 3.06. The van der Waals surface area contributed by atoms with Crippen LogP contribution in [0.25, 0.3) is 0 Å². The molecule has 0 unspecified atom stereocenters. The second-order valence-electron chi connectivity index (χ2n) is 5.01. The summed E-state index contributed by atoms with van der Waals surface area (Å²) in [4.78, 5) is 6.18. The third-order valence-electron chi connectivity index (χ3n) is 2.36. The number of amidine groups is 1. The fraction of sp³-hybridized carbons (Fsp3) is 0.500. The molecule has 0 fully saturated rings. The van der Waals surface area contributed by atoms with Crippen LogP contribution in [-0.4, -0.2) is 40.3 Å². The first-order chi connectivity index (χ1) is 8.23. The summed E-state index contributed by atoms with van der Waals surface area (Å²) in [6.45, 7) is 5.71. The van der Waals surface area contributed by atoms with Gasteiger partial charge in [0, 0.05) is 24.8 Å². The van der Waals surface area contributed by atoms with Crippen molar-refractivity contribution in [1.82, 2.24) is 4.98 Å². The molecule has 0 saturated heterocycles. The summed E-state index contributed by atoms with van der Waals surface area (Å²) >= 11 is 0. The van der Waals surface area contributed by atoms with Gasteiger partial charge in [-0.3, -0.25) is 0 Å². The van der Waals surface area contributed by atoms with Gasteiger partial charge in [0.1, 0.15) is 5.82 Å². The second kappa shape index (κ2) is 5.22. The summed E-state index contributed by atoms with van der Waals surface area (Å²) in [7, 11) is 1.83. The minimum atomic E-state index is -0.822. The summed E-state index contributed by atoms with van der Waals surface area (Å²) < 4.78 is 0. The predicted octanol–water partition coefficient (Wildman–Crippen LogP) is 0.692. The van der Waals surface area contributed by atoms with Gasteiger partial charge in [0.15, 0.2) is 5.84 Å². The molecule has 0 bridgehead atoms. The standard InChI is InChI=1S/C12H20N4O2/c1-8-5-9(11(13)15-18)6-10(14-8)16(4)7-12(2,3)17/h5-6,17-18H,7H2,1-4H3,(H2,13,15). The quantitative estimate of drug-likeness (QED) is 0.317. The summed E-state index contributed by atoms with van der Waals surface area (Å²) in [5, 5.41) is 21.4. The predicted molar refractivity (Wildman–Crippen MR) is 71.1 cm³/mol. The smallest absolute Gasteiger partial charge is 0.170 e. The number of pyridine rings is 1. The average Bonchev–Trinajstić information content (AvgIpc) is 2.24. The van der Waals surface area contributed by atoms with E-state index in [2.05, 4.69) is 10.1 Å². The van der Waals surface area contributed by atoms with Crippen molar-refractivity contribution in [3.63, 3.8) is 0 Å². The van der Waals surface area contributed by atoms with Crippen LogP contribution in [0.2, 0.25) is 0 Å². The number of nitrogens with zero attached hydrogens (tertiary/aromatic N) is 3. The Bertz CT molecular complexity index is 452. The largest absolute Gasteiger partial charge is 0.409 e. The van der Waals surface area contributed by atoms with E-state index < -0.39 is 5.60 Å². The lowest BCUT2D eigenvalue weighted by Crippen LogP contribution is -2.36. The zero-order chi connectivity index (χ0) is 13.9. The van der Waals surface area contributed by atoms with E-state index in [1.54, 1.807) is 26.0 Å². The van der Waals surface area contributed by atoms with Gasteiger partial charge in [0.05, 0.1) is 5.60 Å². The van der Waals surface area contributed by atoms with Gasteiger partial charge < -0.3 is 20.9 Å². The van der Waals surface area contributed by atoms with Crippen LogP contribution in [0.3, 0.4) is 0 Å². The molecule has 100 valence electrons. The van der Waals surface area contributed by atoms with Gasteiger partial charge in [-0.15, -0.1) is 0 Å². The fourth-order valence-corrected chi connectivity index (χ4v) is 1.71. The van der Waals surface area contributed by atoms with Gasteiger partial charge in [0.25, 0.3) is 0 Å². The van der Waals surface area contributed by atoms with E-state index in [0.29, 0.717) is 17.9 Å². The number of nitrogens with two attached hydrogens (primary N) is 1. The highest BCUT2D eigenvalue weighted by atomic mass is 16.4. The van der Waals surface area contributed by atoms with Crippen molar-refractivity contribution in [3.05, 3.63) is 23.4 Å². The molecule has 1 aromatic heterocycles. The van der Waals surface area contributed by atoms with Crippen LogP contribution in [0.1, 0.15) is 25.1 Å². The molecule has 0 radical (unpaired) electrons. The van der Waals surface area contributed by atoms with E-state index in [9.17, 15) is 5.11 Å². The zero-order valence-corrected chi connectivity index (χ0v) is 11.2. The Labute approximate surface area is 107 Å². The van der Waals surface area contributed by atoms with E-state index in [1.165, 1.54) is 0 Å². The first kappa shape index (κ1) is 14.2. The third kappa shape index (κ3) is 3.89. The van der Waals surface area contributed by atoms with Crippen LogP contribution in [0.15, 0.2) is 17.3 Å². The minimum absolute atomic E-state index is 0.0402. The number of rotatable bonds is 4. The van der Waals surface area contributed by atoms with E-state index in [-0.39, 0.29) is 5.84 Å². The molecule has 18 heavy (non-hydrogen) atoms. The van der Waals surface area contributed by atoms with Crippen molar-refractivity contribution in [2.24, 2.45) is 10.9 Å². The van der Waals surface area contributed by atoms with E-state index >= 15 is 0 Å². The molecule has 0 aliphatic carbocycles. The maximum absolute atomic E-state index is 9.79. The molecule has 6 heteroatoms. The first-order valence-corrected chi connectivity index (χ1v) is 5.63. The second-order valence-corrected chi connectivity index (χ2v) is 5.01. The molecule has 6 nitrogen and oxygen atoms in total. The number of likely N-dealkylation sites (N-methyl/N-ethyl adjacent to an activating group) is 1. The molecule has 0 aliphatic rings. The van der Waals surface area contributed by atoms with Gasteiger partial charge in [-0.1, -0.05) is 5.16 Å². The van der Waals surface area contributed by atoms with Crippen molar-refractivity contribution in [1.29, 1.82) is 0 Å². The number of aliphatic hydroxyl groups is 1. The van der Waals surface area contributed by atoms with Gasteiger partial charge >= 0.3 is 0 Å². The average molecular weight is 252 g/mol. The molecule has 0 aromatic carbocycles. The van der Waals surface area contributed by atoms with Gasteiger partial charge in [-0.05, 0) is 32.9 Å². The summed E-state index contributed by atoms with van der Waals surface area (Å²) in [5.41, 5.74) is 6.10. The molecular weight excluding hydrogens is 232 g/mol. The van der Waals surface area contributed by atoms with Crippen molar-refractivity contribution >= 4 is 11.7 Å². The molecule has 0 atom stereocenters. The Hall–Kier alpha value is -1.82.